The summed E-state index contributed by atoms with van der Waals surface area (Å²) in [5.74, 6) is 0. The molecule has 0 nitrogen and oxygen atoms in total. The van der Waals surface area contributed by atoms with E-state index in [-0.39, 0.29) is 0 Å². The Labute approximate surface area is 80.8 Å². The number of fused-ring (bicyclic) bond motifs is 1. The number of thiophene rings is 1. The molecule has 0 amide bonds. The average Bonchev–Trinajstić information content (AvgIpc) is 2.46. The highest BCUT2D eigenvalue weighted by Gasteiger charge is 2.02. The second-order valence-electron chi connectivity index (χ2n) is 2.68. The lowest BCUT2D eigenvalue weighted by Crippen LogP contribution is -1.74. The van der Waals surface area contributed by atoms with E-state index in [1.807, 2.05) is 12.1 Å². The Morgan fingerprint density at radius 3 is 3.08 bits per heavy atom. The molecule has 0 saturated heterocycles. The monoisotopic (exact) mass is 195 g/mol. The molecule has 0 N–H and O–H groups in total. The minimum Gasteiger partial charge on any atom is -0.134 e. The van der Waals surface area contributed by atoms with Crippen molar-refractivity contribution in [1.29, 1.82) is 0 Å². The van der Waals surface area contributed by atoms with Crippen molar-refractivity contribution in [2.75, 3.05) is 0 Å². The summed E-state index contributed by atoms with van der Waals surface area (Å²) in [6.07, 6.45) is 1.03. The molecule has 0 atom stereocenters. The van der Waals surface area contributed by atoms with Crippen molar-refractivity contribution in [2.24, 2.45) is 0 Å². The lowest BCUT2D eigenvalue weighted by Gasteiger charge is -1.93. The first-order chi connectivity index (χ1) is 5.81. The highest BCUT2D eigenvalue weighted by Crippen LogP contribution is 2.28. The second-order valence-corrected chi connectivity index (χ2v) is 3.96. The van der Waals surface area contributed by atoms with Gasteiger partial charge < -0.3 is 0 Å². The minimum absolute atomic E-state index is 0.809. The zero-order chi connectivity index (χ0) is 8.55. The maximum absolute atomic E-state index is 5.90. The van der Waals surface area contributed by atoms with Gasteiger partial charge in [0.15, 0.2) is 0 Å². The summed E-state index contributed by atoms with van der Waals surface area (Å²) in [6.45, 7) is 2.14. The first-order valence-corrected chi connectivity index (χ1v) is 5.09. The molecule has 1 aromatic carbocycles. The molecule has 0 aliphatic heterocycles. The van der Waals surface area contributed by atoms with E-state index in [9.17, 15) is 0 Å². The summed E-state index contributed by atoms with van der Waals surface area (Å²) in [4.78, 5) is 0. The molecule has 2 heteroatoms. The zero-order valence-corrected chi connectivity index (χ0v) is 8.30. The standard InChI is InChI=1S/C10H8ClS/c1-2-7-6-12-10-4-3-8(11)5-9(7)10/h3-5H,2H2,1H3. The van der Waals surface area contributed by atoms with Crippen LogP contribution in [0.15, 0.2) is 18.2 Å². The van der Waals surface area contributed by atoms with Gasteiger partial charge >= 0.3 is 0 Å². The van der Waals surface area contributed by atoms with Crippen LogP contribution in [0.5, 0.6) is 0 Å². The van der Waals surface area contributed by atoms with E-state index in [0.717, 1.165) is 11.4 Å². The summed E-state index contributed by atoms with van der Waals surface area (Å²) in [7, 11) is 0. The first-order valence-electron chi connectivity index (χ1n) is 3.90. The smallest absolute Gasteiger partial charge is 0.0490 e. The molecular weight excluding hydrogens is 188 g/mol. The van der Waals surface area contributed by atoms with Crippen molar-refractivity contribution < 1.29 is 0 Å². The zero-order valence-electron chi connectivity index (χ0n) is 6.73. The van der Waals surface area contributed by atoms with Gasteiger partial charge in [-0.15, -0.1) is 11.3 Å². The van der Waals surface area contributed by atoms with E-state index >= 15 is 0 Å². The topological polar surface area (TPSA) is 0 Å². The summed E-state index contributed by atoms with van der Waals surface area (Å²) < 4.78 is 1.27. The number of hydrogen-bond donors (Lipinski definition) is 0. The van der Waals surface area contributed by atoms with E-state index in [0.29, 0.717) is 0 Å². The molecule has 0 spiro atoms. The number of hydrogen-bond acceptors (Lipinski definition) is 1. The van der Waals surface area contributed by atoms with Gasteiger partial charge in [0, 0.05) is 15.1 Å². The van der Waals surface area contributed by atoms with Gasteiger partial charge in [-0.2, -0.15) is 0 Å². The second kappa shape index (κ2) is 3.08. The van der Waals surface area contributed by atoms with Crippen LogP contribution in [-0.4, -0.2) is 0 Å². The number of benzene rings is 1. The molecule has 1 radical (unpaired) electrons. The van der Waals surface area contributed by atoms with Crippen molar-refractivity contribution in [3.63, 3.8) is 0 Å². The summed E-state index contributed by atoms with van der Waals surface area (Å²) in [6, 6.07) is 5.99. The SMILES string of the molecule is CCc1[c]sc2ccc(Cl)cc12. The largest absolute Gasteiger partial charge is 0.134 e. The Bertz CT molecular complexity index is 403. The fraction of sp³-hybridized carbons (Fsp3) is 0.200. The van der Waals surface area contributed by atoms with Crippen LogP contribution in [0, 0.1) is 5.38 Å². The van der Waals surface area contributed by atoms with Crippen LogP contribution in [0.25, 0.3) is 10.1 Å². The fourth-order valence-electron chi connectivity index (χ4n) is 1.26. The third-order valence-electron chi connectivity index (χ3n) is 1.90. The van der Waals surface area contributed by atoms with Crippen molar-refractivity contribution in [2.45, 2.75) is 13.3 Å². The van der Waals surface area contributed by atoms with Gasteiger partial charge in [-0.3, -0.25) is 0 Å². The highest BCUT2D eigenvalue weighted by molar-refractivity contribution is 7.16. The van der Waals surface area contributed by atoms with Gasteiger partial charge in [-0.25, -0.2) is 0 Å². The minimum atomic E-state index is 0.809. The lowest BCUT2D eigenvalue weighted by atomic mass is 10.1. The Morgan fingerprint density at radius 2 is 2.33 bits per heavy atom. The van der Waals surface area contributed by atoms with Crippen molar-refractivity contribution in [3.8, 4) is 0 Å². The van der Waals surface area contributed by atoms with Crippen LogP contribution >= 0.6 is 22.9 Å². The van der Waals surface area contributed by atoms with Crippen molar-refractivity contribution >= 4 is 33.0 Å². The Kier molecular flexibility index (Phi) is 2.07. The normalized spacial score (nSPS) is 10.8. The molecular formula is C10H8ClS. The number of rotatable bonds is 1. The van der Waals surface area contributed by atoms with Crippen molar-refractivity contribution in [3.05, 3.63) is 34.2 Å². The van der Waals surface area contributed by atoms with E-state index in [2.05, 4.69) is 18.4 Å². The molecule has 1 aromatic heterocycles. The Morgan fingerprint density at radius 1 is 1.50 bits per heavy atom. The predicted octanol–water partition coefficient (Wildman–Crippen LogP) is 3.92. The molecule has 0 aliphatic rings. The van der Waals surface area contributed by atoms with E-state index < -0.39 is 0 Å². The molecule has 2 aromatic rings. The molecule has 0 unspecified atom stereocenters. The molecule has 0 fully saturated rings. The summed E-state index contributed by atoms with van der Waals surface area (Å²) in [5, 5.41) is 5.34. The van der Waals surface area contributed by atoms with Crippen LogP contribution in [0.2, 0.25) is 5.02 Å². The maximum atomic E-state index is 5.90. The van der Waals surface area contributed by atoms with E-state index in [4.69, 9.17) is 11.6 Å². The number of aryl methyl sites for hydroxylation is 1. The predicted molar refractivity (Wildman–Crippen MR) is 55.0 cm³/mol. The van der Waals surface area contributed by atoms with Gasteiger partial charge in [-0.1, -0.05) is 18.5 Å². The van der Waals surface area contributed by atoms with Crippen LogP contribution in [0.3, 0.4) is 0 Å². The molecule has 1 heterocycles. The van der Waals surface area contributed by atoms with Crippen LogP contribution in [0.4, 0.5) is 0 Å². The van der Waals surface area contributed by atoms with Gasteiger partial charge in [0.1, 0.15) is 0 Å². The summed E-state index contributed by atoms with van der Waals surface area (Å²) >= 11 is 7.56. The average molecular weight is 196 g/mol. The number of halogens is 1. The van der Waals surface area contributed by atoms with Gasteiger partial charge in [0.2, 0.25) is 0 Å². The molecule has 2 rings (SSSR count). The molecule has 61 valence electrons. The Balaban J connectivity index is 2.75. The third-order valence-corrected chi connectivity index (χ3v) is 3.06. The highest BCUT2D eigenvalue weighted by atomic mass is 35.5. The van der Waals surface area contributed by atoms with Crippen LogP contribution < -0.4 is 0 Å². The molecule has 0 bridgehead atoms. The maximum Gasteiger partial charge on any atom is 0.0490 e. The van der Waals surface area contributed by atoms with E-state index in [1.165, 1.54) is 15.6 Å². The van der Waals surface area contributed by atoms with Crippen molar-refractivity contribution in [1.82, 2.24) is 0 Å². The fourth-order valence-corrected chi connectivity index (χ4v) is 2.35. The van der Waals surface area contributed by atoms with Crippen LogP contribution in [0.1, 0.15) is 12.5 Å². The molecule has 0 saturated carbocycles. The lowest BCUT2D eigenvalue weighted by molar-refractivity contribution is 1.17. The quantitative estimate of drug-likeness (QED) is 0.647. The van der Waals surface area contributed by atoms with Gasteiger partial charge in [0.25, 0.3) is 0 Å². The summed E-state index contributed by atoms with van der Waals surface area (Å²) in [5.41, 5.74) is 1.28. The first kappa shape index (κ1) is 8.09. The van der Waals surface area contributed by atoms with Crippen LogP contribution in [-0.2, 0) is 6.42 Å². The van der Waals surface area contributed by atoms with Gasteiger partial charge in [-0.05, 0) is 35.6 Å². The molecule has 12 heavy (non-hydrogen) atoms. The molecule has 0 aliphatic carbocycles. The van der Waals surface area contributed by atoms with Gasteiger partial charge in [0.05, 0.1) is 0 Å². The third kappa shape index (κ3) is 1.23. The Hall–Kier alpha value is -0.530. The van der Waals surface area contributed by atoms with E-state index in [1.54, 1.807) is 11.3 Å².